The molecule has 0 bridgehead atoms. The third-order valence-corrected chi connectivity index (χ3v) is 5.61. The quantitative estimate of drug-likeness (QED) is 0.925. The van der Waals surface area contributed by atoms with Crippen molar-refractivity contribution >= 4 is 15.9 Å². The molecule has 1 aliphatic heterocycles. The summed E-state index contributed by atoms with van der Waals surface area (Å²) in [4.78, 5) is 12.2. The van der Waals surface area contributed by atoms with Crippen molar-refractivity contribution in [2.75, 3.05) is 13.1 Å². The van der Waals surface area contributed by atoms with Crippen LogP contribution in [0.25, 0.3) is 0 Å². The molecule has 1 saturated heterocycles. The van der Waals surface area contributed by atoms with Gasteiger partial charge in [-0.3, -0.25) is 4.79 Å². The van der Waals surface area contributed by atoms with Crippen LogP contribution < -0.4 is 5.32 Å². The molecule has 1 N–H and O–H groups in total. The van der Waals surface area contributed by atoms with Crippen molar-refractivity contribution in [2.24, 2.45) is 0 Å². The van der Waals surface area contributed by atoms with Crippen molar-refractivity contribution in [2.45, 2.75) is 50.5 Å². The van der Waals surface area contributed by atoms with Gasteiger partial charge in [0.05, 0.1) is 4.90 Å². The maximum Gasteiger partial charge on any atom is 0.251 e. The van der Waals surface area contributed by atoms with Gasteiger partial charge in [0.1, 0.15) is 0 Å². The highest BCUT2D eigenvalue weighted by atomic mass is 32.2. The Bertz CT molecular complexity index is 618. The van der Waals surface area contributed by atoms with Gasteiger partial charge in [-0.15, -0.1) is 0 Å². The van der Waals surface area contributed by atoms with Crippen molar-refractivity contribution < 1.29 is 13.2 Å². The van der Waals surface area contributed by atoms with Gasteiger partial charge in [-0.1, -0.05) is 18.9 Å². The minimum atomic E-state index is -3.52. The molecule has 122 valence electrons. The number of amides is 1. The smallest absolute Gasteiger partial charge is 0.251 e. The lowest BCUT2D eigenvalue weighted by Gasteiger charge is -2.20. The van der Waals surface area contributed by atoms with Gasteiger partial charge in [0, 0.05) is 24.7 Å². The normalized spacial score (nSPS) is 17.2. The van der Waals surface area contributed by atoms with Crippen LogP contribution in [0.15, 0.2) is 29.2 Å². The highest BCUT2D eigenvalue weighted by Crippen LogP contribution is 2.21. The minimum absolute atomic E-state index is 0.0124. The highest BCUT2D eigenvalue weighted by Gasteiger charge is 2.25. The zero-order valence-electron chi connectivity index (χ0n) is 13.2. The summed E-state index contributed by atoms with van der Waals surface area (Å²) in [7, 11) is -3.52. The van der Waals surface area contributed by atoms with Gasteiger partial charge in [0.25, 0.3) is 5.91 Å². The van der Waals surface area contributed by atoms with Crippen LogP contribution in [0.2, 0.25) is 0 Å². The fraction of sp³-hybridized carbons (Fsp3) is 0.562. The summed E-state index contributed by atoms with van der Waals surface area (Å²) < 4.78 is 27.0. The third kappa shape index (κ3) is 4.08. The molecule has 1 aromatic carbocycles. The van der Waals surface area contributed by atoms with Crippen molar-refractivity contribution in [1.29, 1.82) is 0 Å². The molecule has 0 unspecified atom stereocenters. The molecule has 1 amide bonds. The number of carbonyl (C=O) groups excluding carboxylic acids is 1. The van der Waals surface area contributed by atoms with E-state index in [0.717, 1.165) is 25.7 Å². The second-order valence-corrected chi connectivity index (χ2v) is 7.91. The van der Waals surface area contributed by atoms with E-state index in [1.807, 2.05) is 13.8 Å². The predicted octanol–water partition coefficient (Wildman–Crippen LogP) is 2.39. The molecular weight excluding hydrogens is 300 g/mol. The molecule has 0 spiro atoms. The minimum Gasteiger partial charge on any atom is -0.350 e. The van der Waals surface area contributed by atoms with Crippen LogP contribution >= 0.6 is 0 Å². The Morgan fingerprint density at radius 1 is 1.14 bits per heavy atom. The van der Waals surface area contributed by atoms with Crippen LogP contribution in [-0.2, 0) is 10.0 Å². The van der Waals surface area contributed by atoms with Crippen molar-refractivity contribution in [3.63, 3.8) is 0 Å². The molecule has 1 heterocycles. The van der Waals surface area contributed by atoms with E-state index in [1.165, 1.54) is 6.07 Å². The molecule has 1 fully saturated rings. The van der Waals surface area contributed by atoms with Crippen molar-refractivity contribution in [3.8, 4) is 0 Å². The van der Waals surface area contributed by atoms with Gasteiger partial charge in [-0.05, 0) is 44.9 Å². The number of nitrogens with zero attached hydrogens (tertiary/aromatic N) is 1. The number of rotatable bonds is 4. The maximum atomic E-state index is 12.7. The van der Waals surface area contributed by atoms with E-state index in [4.69, 9.17) is 0 Å². The summed E-state index contributed by atoms with van der Waals surface area (Å²) >= 11 is 0. The van der Waals surface area contributed by atoms with E-state index < -0.39 is 10.0 Å². The summed E-state index contributed by atoms with van der Waals surface area (Å²) in [5.41, 5.74) is 0.379. The summed E-state index contributed by atoms with van der Waals surface area (Å²) in [6.45, 7) is 4.86. The first-order valence-corrected chi connectivity index (χ1v) is 9.26. The lowest BCUT2D eigenvalue weighted by atomic mass is 10.2. The first-order valence-electron chi connectivity index (χ1n) is 7.82. The van der Waals surface area contributed by atoms with Crippen LogP contribution in [0.5, 0.6) is 0 Å². The molecule has 0 radical (unpaired) electrons. The number of sulfonamides is 1. The van der Waals surface area contributed by atoms with Gasteiger partial charge in [-0.25, -0.2) is 8.42 Å². The Labute approximate surface area is 132 Å². The third-order valence-electron chi connectivity index (χ3n) is 3.72. The lowest BCUT2D eigenvalue weighted by molar-refractivity contribution is 0.0943. The predicted molar refractivity (Wildman–Crippen MR) is 86.3 cm³/mol. The van der Waals surface area contributed by atoms with Crippen molar-refractivity contribution in [3.05, 3.63) is 29.8 Å². The van der Waals surface area contributed by atoms with E-state index >= 15 is 0 Å². The Morgan fingerprint density at radius 3 is 2.36 bits per heavy atom. The molecular formula is C16H24N2O3S. The number of nitrogens with one attached hydrogen (secondary N) is 1. The largest absolute Gasteiger partial charge is 0.350 e. The van der Waals surface area contributed by atoms with Crippen LogP contribution in [0.4, 0.5) is 0 Å². The standard InChI is InChI=1S/C16H24N2O3S/c1-13(2)17-16(19)14-8-7-9-15(12-14)22(20,21)18-10-5-3-4-6-11-18/h7-9,12-13H,3-6,10-11H2,1-2H3,(H,17,19). The monoisotopic (exact) mass is 324 g/mol. The molecule has 2 rings (SSSR count). The number of benzene rings is 1. The molecule has 22 heavy (non-hydrogen) atoms. The number of carbonyl (C=O) groups is 1. The molecule has 0 saturated carbocycles. The fourth-order valence-electron chi connectivity index (χ4n) is 2.57. The molecule has 0 atom stereocenters. The van der Waals surface area contributed by atoms with E-state index in [0.29, 0.717) is 18.7 Å². The molecule has 0 aromatic heterocycles. The SMILES string of the molecule is CC(C)NC(=O)c1cccc(S(=O)(=O)N2CCCCCC2)c1. The first kappa shape index (κ1) is 17.0. The van der Waals surface area contributed by atoms with E-state index in [-0.39, 0.29) is 16.8 Å². The number of hydrogen-bond acceptors (Lipinski definition) is 3. The zero-order chi connectivity index (χ0) is 16.2. The topological polar surface area (TPSA) is 66.5 Å². The average molecular weight is 324 g/mol. The molecule has 0 aliphatic carbocycles. The van der Waals surface area contributed by atoms with E-state index in [2.05, 4.69) is 5.32 Å². The summed E-state index contributed by atoms with van der Waals surface area (Å²) in [5, 5.41) is 2.78. The van der Waals surface area contributed by atoms with E-state index in [9.17, 15) is 13.2 Å². The summed E-state index contributed by atoms with van der Waals surface area (Å²) in [6.07, 6.45) is 3.94. The van der Waals surface area contributed by atoms with Crippen LogP contribution in [-0.4, -0.2) is 37.8 Å². The molecule has 6 heteroatoms. The van der Waals surface area contributed by atoms with E-state index in [1.54, 1.807) is 22.5 Å². The van der Waals surface area contributed by atoms with Crippen LogP contribution in [0.1, 0.15) is 49.9 Å². The molecule has 1 aromatic rings. The summed E-state index contributed by atoms with van der Waals surface area (Å²) in [6, 6.07) is 6.31. The lowest BCUT2D eigenvalue weighted by Crippen LogP contribution is -2.33. The summed E-state index contributed by atoms with van der Waals surface area (Å²) in [5.74, 6) is -0.247. The van der Waals surface area contributed by atoms with Gasteiger partial charge >= 0.3 is 0 Å². The number of hydrogen-bond donors (Lipinski definition) is 1. The van der Waals surface area contributed by atoms with Crippen LogP contribution in [0, 0.1) is 0 Å². The highest BCUT2D eigenvalue weighted by molar-refractivity contribution is 7.89. The Kier molecular flexibility index (Phi) is 5.58. The van der Waals surface area contributed by atoms with Gasteiger partial charge in [-0.2, -0.15) is 4.31 Å². The Hall–Kier alpha value is -1.40. The van der Waals surface area contributed by atoms with Crippen LogP contribution in [0.3, 0.4) is 0 Å². The Balaban J connectivity index is 2.25. The molecule has 5 nitrogen and oxygen atoms in total. The second-order valence-electron chi connectivity index (χ2n) is 5.97. The maximum absolute atomic E-state index is 12.7. The first-order chi connectivity index (χ1) is 10.4. The van der Waals surface area contributed by atoms with Crippen molar-refractivity contribution in [1.82, 2.24) is 9.62 Å². The molecule has 1 aliphatic rings. The van der Waals surface area contributed by atoms with Gasteiger partial charge < -0.3 is 5.32 Å². The average Bonchev–Trinajstić information content (AvgIpc) is 2.76. The second kappa shape index (κ2) is 7.24. The Morgan fingerprint density at radius 2 is 1.77 bits per heavy atom. The fourth-order valence-corrected chi connectivity index (χ4v) is 4.14. The van der Waals surface area contributed by atoms with Gasteiger partial charge in [0.15, 0.2) is 0 Å². The zero-order valence-corrected chi connectivity index (χ0v) is 14.0. The van der Waals surface area contributed by atoms with Gasteiger partial charge in [0.2, 0.25) is 10.0 Å².